The van der Waals surface area contributed by atoms with Gasteiger partial charge in [-0.1, -0.05) is 18.2 Å². The van der Waals surface area contributed by atoms with E-state index in [1.165, 1.54) is 10.1 Å². The standard InChI is InChI=1S/C12H11N3S/c1-15-12(13)7-9(14-15)11-6-8-4-2-3-5-10(8)16-11/h2-7H,13H2,1H3. The van der Waals surface area contributed by atoms with Gasteiger partial charge in [-0.25, -0.2) is 0 Å². The van der Waals surface area contributed by atoms with E-state index in [9.17, 15) is 0 Å². The Bertz CT molecular complexity index is 599. The number of nitrogens with zero attached hydrogens (tertiary/aromatic N) is 2. The number of hydrogen-bond acceptors (Lipinski definition) is 3. The molecule has 0 aliphatic carbocycles. The maximum absolute atomic E-state index is 5.78. The lowest BCUT2D eigenvalue weighted by Gasteiger charge is -1.89. The lowest BCUT2D eigenvalue weighted by atomic mass is 10.2. The third-order valence-corrected chi connectivity index (χ3v) is 3.73. The van der Waals surface area contributed by atoms with Gasteiger partial charge < -0.3 is 5.73 Å². The largest absolute Gasteiger partial charge is 0.384 e. The van der Waals surface area contributed by atoms with E-state index in [1.54, 1.807) is 16.0 Å². The van der Waals surface area contributed by atoms with Crippen LogP contribution in [0.1, 0.15) is 0 Å². The Morgan fingerprint density at radius 2 is 2.06 bits per heavy atom. The van der Waals surface area contributed by atoms with Crippen LogP contribution in [0.5, 0.6) is 0 Å². The molecule has 0 amide bonds. The van der Waals surface area contributed by atoms with Crippen LogP contribution in [0.25, 0.3) is 20.7 Å². The minimum absolute atomic E-state index is 0.687. The van der Waals surface area contributed by atoms with Crippen LogP contribution in [0, 0.1) is 0 Å². The van der Waals surface area contributed by atoms with Crippen LogP contribution in [0.2, 0.25) is 0 Å². The van der Waals surface area contributed by atoms with Gasteiger partial charge in [-0.2, -0.15) is 5.10 Å². The minimum atomic E-state index is 0.687. The van der Waals surface area contributed by atoms with E-state index in [-0.39, 0.29) is 0 Å². The molecular formula is C12H11N3S. The van der Waals surface area contributed by atoms with Crippen LogP contribution in [0.3, 0.4) is 0 Å². The molecular weight excluding hydrogens is 218 g/mol. The molecule has 0 bridgehead atoms. The molecule has 0 saturated heterocycles. The highest BCUT2D eigenvalue weighted by molar-refractivity contribution is 7.22. The fourth-order valence-electron chi connectivity index (χ4n) is 1.71. The molecule has 3 rings (SSSR count). The van der Waals surface area contributed by atoms with Gasteiger partial charge in [0.1, 0.15) is 11.5 Å². The molecule has 1 aromatic carbocycles. The Morgan fingerprint density at radius 1 is 1.25 bits per heavy atom. The summed E-state index contributed by atoms with van der Waals surface area (Å²) in [5.74, 6) is 0.687. The molecule has 0 fully saturated rings. The summed E-state index contributed by atoms with van der Waals surface area (Å²) in [6, 6.07) is 12.4. The summed E-state index contributed by atoms with van der Waals surface area (Å²) in [4.78, 5) is 1.16. The zero-order valence-corrected chi connectivity index (χ0v) is 9.66. The number of hydrogen-bond donors (Lipinski definition) is 1. The Labute approximate surface area is 97.1 Å². The molecule has 0 spiro atoms. The van der Waals surface area contributed by atoms with E-state index in [0.29, 0.717) is 5.82 Å². The number of aromatic nitrogens is 2. The summed E-state index contributed by atoms with van der Waals surface area (Å²) in [5, 5.41) is 5.63. The molecule has 3 aromatic rings. The first kappa shape index (κ1) is 9.42. The molecule has 16 heavy (non-hydrogen) atoms. The summed E-state index contributed by atoms with van der Waals surface area (Å²) in [6.07, 6.45) is 0. The molecule has 0 radical (unpaired) electrons. The first-order valence-corrected chi connectivity index (χ1v) is 5.84. The number of fused-ring (bicyclic) bond motifs is 1. The van der Waals surface area contributed by atoms with Crippen LogP contribution < -0.4 is 5.73 Å². The predicted octanol–water partition coefficient (Wildman–Crippen LogP) is 2.88. The second kappa shape index (κ2) is 3.35. The molecule has 2 heterocycles. The minimum Gasteiger partial charge on any atom is -0.384 e. The SMILES string of the molecule is Cn1nc(-c2cc3ccccc3s2)cc1N. The van der Waals surface area contributed by atoms with Gasteiger partial charge in [-0.15, -0.1) is 11.3 Å². The van der Waals surface area contributed by atoms with E-state index in [1.807, 2.05) is 19.2 Å². The fourth-order valence-corrected chi connectivity index (χ4v) is 2.73. The second-order valence-electron chi connectivity index (χ2n) is 3.73. The van der Waals surface area contributed by atoms with Crippen molar-refractivity contribution in [2.24, 2.45) is 7.05 Å². The third-order valence-electron chi connectivity index (χ3n) is 2.59. The van der Waals surface area contributed by atoms with E-state index >= 15 is 0 Å². The summed E-state index contributed by atoms with van der Waals surface area (Å²) < 4.78 is 2.97. The van der Waals surface area contributed by atoms with E-state index in [0.717, 1.165) is 10.6 Å². The Morgan fingerprint density at radius 3 is 2.75 bits per heavy atom. The molecule has 0 aliphatic rings. The number of aryl methyl sites for hydroxylation is 1. The lowest BCUT2D eigenvalue weighted by Crippen LogP contribution is -1.96. The van der Waals surface area contributed by atoms with Gasteiger partial charge in [-0.3, -0.25) is 4.68 Å². The summed E-state index contributed by atoms with van der Waals surface area (Å²) in [6.45, 7) is 0. The molecule has 80 valence electrons. The second-order valence-corrected chi connectivity index (χ2v) is 4.81. The number of thiophene rings is 1. The van der Waals surface area contributed by atoms with Crippen molar-refractivity contribution in [3.05, 3.63) is 36.4 Å². The Hall–Kier alpha value is -1.81. The summed E-state index contributed by atoms with van der Waals surface area (Å²) in [5.41, 5.74) is 6.72. The van der Waals surface area contributed by atoms with Gasteiger partial charge in [0.05, 0.1) is 4.88 Å². The maximum atomic E-state index is 5.78. The molecule has 0 unspecified atom stereocenters. The number of nitrogen functional groups attached to an aromatic ring is 1. The molecule has 0 aliphatic heterocycles. The third kappa shape index (κ3) is 1.39. The quantitative estimate of drug-likeness (QED) is 0.697. The Balaban J connectivity index is 2.18. The van der Waals surface area contributed by atoms with Crippen molar-refractivity contribution in [2.45, 2.75) is 0 Å². The number of anilines is 1. The smallest absolute Gasteiger partial charge is 0.121 e. The summed E-state index contributed by atoms with van der Waals surface area (Å²) in [7, 11) is 1.85. The van der Waals surface area contributed by atoms with Crippen molar-refractivity contribution < 1.29 is 0 Å². The first-order chi connectivity index (χ1) is 7.74. The number of nitrogens with two attached hydrogens (primary N) is 1. The molecule has 0 saturated carbocycles. The van der Waals surface area contributed by atoms with Gasteiger partial charge in [0.2, 0.25) is 0 Å². The molecule has 4 heteroatoms. The molecule has 2 aromatic heterocycles. The highest BCUT2D eigenvalue weighted by atomic mass is 32.1. The van der Waals surface area contributed by atoms with Crippen LogP contribution in [0.15, 0.2) is 36.4 Å². The van der Waals surface area contributed by atoms with Crippen molar-refractivity contribution >= 4 is 27.2 Å². The van der Waals surface area contributed by atoms with Gasteiger partial charge >= 0.3 is 0 Å². The zero-order chi connectivity index (χ0) is 11.1. The normalized spacial score (nSPS) is 11.1. The van der Waals surface area contributed by atoms with Gasteiger partial charge in [0.15, 0.2) is 0 Å². The Kier molecular flexibility index (Phi) is 1.97. The molecule has 2 N–H and O–H groups in total. The van der Waals surface area contributed by atoms with Crippen molar-refractivity contribution in [3.8, 4) is 10.6 Å². The first-order valence-electron chi connectivity index (χ1n) is 5.02. The topological polar surface area (TPSA) is 43.8 Å². The van der Waals surface area contributed by atoms with Crippen LogP contribution in [-0.2, 0) is 7.05 Å². The zero-order valence-electron chi connectivity index (χ0n) is 8.84. The van der Waals surface area contributed by atoms with E-state index in [2.05, 4.69) is 29.4 Å². The van der Waals surface area contributed by atoms with Crippen molar-refractivity contribution in [2.75, 3.05) is 5.73 Å². The number of rotatable bonds is 1. The average Bonchev–Trinajstić information content (AvgIpc) is 2.83. The van der Waals surface area contributed by atoms with Gasteiger partial charge in [-0.05, 0) is 17.5 Å². The van der Waals surface area contributed by atoms with E-state index < -0.39 is 0 Å². The summed E-state index contributed by atoms with van der Waals surface area (Å²) >= 11 is 1.74. The van der Waals surface area contributed by atoms with Gasteiger partial charge in [0, 0.05) is 17.8 Å². The van der Waals surface area contributed by atoms with E-state index in [4.69, 9.17) is 5.73 Å². The van der Waals surface area contributed by atoms with Crippen molar-refractivity contribution in [1.29, 1.82) is 0 Å². The average molecular weight is 229 g/mol. The predicted molar refractivity (Wildman–Crippen MR) is 68.4 cm³/mol. The van der Waals surface area contributed by atoms with Crippen LogP contribution in [-0.4, -0.2) is 9.78 Å². The van der Waals surface area contributed by atoms with Crippen molar-refractivity contribution in [3.63, 3.8) is 0 Å². The van der Waals surface area contributed by atoms with Crippen LogP contribution in [0.4, 0.5) is 5.82 Å². The lowest BCUT2D eigenvalue weighted by molar-refractivity contribution is 0.783. The fraction of sp³-hybridized carbons (Fsp3) is 0.0833. The van der Waals surface area contributed by atoms with Crippen molar-refractivity contribution in [1.82, 2.24) is 9.78 Å². The maximum Gasteiger partial charge on any atom is 0.121 e. The highest BCUT2D eigenvalue weighted by Crippen LogP contribution is 2.33. The van der Waals surface area contributed by atoms with Gasteiger partial charge in [0.25, 0.3) is 0 Å². The van der Waals surface area contributed by atoms with Crippen LogP contribution >= 0.6 is 11.3 Å². The highest BCUT2D eigenvalue weighted by Gasteiger charge is 2.08. The monoisotopic (exact) mass is 229 g/mol. The number of benzene rings is 1. The molecule has 3 nitrogen and oxygen atoms in total. The molecule has 0 atom stereocenters.